The third-order valence-electron chi connectivity index (χ3n) is 3.10. The third kappa shape index (κ3) is 2.88. The molecule has 0 saturated carbocycles. The molecule has 0 saturated heterocycles. The number of benzene rings is 1. The lowest BCUT2D eigenvalue weighted by Gasteiger charge is -2.11. The summed E-state index contributed by atoms with van der Waals surface area (Å²) in [4.78, 5) is 21.0. The summed E-state index contributed by atoms with van der Waals surface area (Å²) in [5.41, 5.74) is 0.873. The largest absolute Gasteiger partial charge is 0.502 e. The molecule has 1 aliphatic rings. The Bertz CT molecular complexity index is 634. The van der Waals surface area contributed by atoms with Gasteiger partial charge in [0.25, 0.3) is 0 Å². The molecule has 20 heavy (non-hydrogen) atoms. The van der Waals surface area contributed by atoms with Crippen molar-refractivity contribution in [2.45, 2.75) is 19.3 Å². The highest BCUT2D eigenvalue weighted by molar-refractivity contribution is 6.30. The summed E-state index contributed by atoms with van der Waals surface area (Å²) in [7, 11) is 0. The average molecular weight is 294 g/mol. The molecule has 1 N–H and O–H groups in total. The molecular formula is C14H12ClNO4. The van der Waals surface area contributed by atoms with Crippen LogP contribution in [-0.2, 0) is 6.42 Å². The second-order valence-corrected chi connectivity index (χ2v) is 4.93. The van der Waals surface area contributed by atoms with Gasteiger partial charge < -0.3 is 5.11 Å². The SMILES string of the molecule is O=Cc1cc(CC2=C(Cl)CCC=C2)cc([N+](=O)[O-])c1O. The van der Waals surface area contributed by atoms with Crippen LogP contribution in [-0.4, -0.2) is 16.3 Å². The van der Waals surface area contributed by atoms with Gasteiger partial charge in [0.05, 0.1) is 10.5 Å². The summed E-state index contributed by atoms with van der Waals surface area (Å²) in [6.07, 6.45) is 6.27. The number of phenolic OH excluding ortho intramolecular Hbond substituents is 1. The van der Waals surface area contributed by atoms with E-state index >= 15 is 0 Å². The number of hydrogen-bond acceptors (Lipinski definition) is 4. The van der Waals surface area contributed by atoms with E-state index in [0.717, 1.165) is 23.4 Å². The molecule has 0 aromatic heterocycles. The molecule has 6 heteroatoms. The van der Waals surface area contributed by atoms with Crippen molar-refractivity contribution in [1.29, 1.82) is 0 Å². The maximum atomic E-state index is 10.9. The van der Waals surface area contributed by atoms with Gasteiger partial charge in [-0.1, -0.05) is 23.8 Å². The second kappa shape index (κ2) is 5.88. The van der Waals surface area contributed by atoms with Gasteiger partial charge in [-0.3, -0.25) is 14.9 Å². The number of aromatic hydroxyl groups is 1. The van der Waals surface area contributed by atoms with Crippen molar-refractivity contribution in [2.75, 3.05) is 0 Å². The van der Waals surface area contributed by atoms with E-state index < -0.39 is 16.4 Å². The van der Waals surface area contributed by atoms with Gasteiger partial charge in [-0.05, 0) is 36.5 Å². The maximum absolute atomic E-state index is 10.9. The Kier molecular flexibility index (Phi) is 4.20. The number of nitro groups is 1. The molecule has 0 bridgehead atoms. The maximum Gasteiger partial charge on any atom is 0.311 e. The van der Waals surface area contributed by atoms with Crippen LogP contribution in [0, 0.1) is 10.1 Å². The van der Waals surface area contributed by atoms with Crippen LogP contribution < -0.4 is 0 Å². The van der Waals surface area contributed by atoms with Gasteiger partial charge in [0.2, 0.25) is 5.75 Å². The van der Waals surface area contributed by atoms with Crippen LogP contribution in [0.2, 0.25) is 0 Å². The Morgan fingerprint density at radius 3 is 2.80 bits per heavy atom. The average Bonchev–Trinajstić information content (AvgIpc) is 2.42. The Morgan fingerprint density at radius 1 is 1.45 bits per heavy atom. The van der Waals surface area contributed by atoms with E-state index in [-0.39, 0.29) is 5.56 Å². The summed E-state index contributed by atoms with van der Waals surface area (Å²) >= 11 is 6.12. The molecule has 5 nitrogen and oxygen atoms in total. The number of aldehydes is 1. The molecule has 1 aromatic carbocycles. The van der Waals surface area contributed by atoms with Crippen LogP contribution in [0.15, 0.2) is 34.9 Å². The zero-order chi connectivity index (χ0) is 14.7. The molecule has 1 aromatic rings. The second-order valence-electron chi connectivity index (χ2n) is 4.48. The smallest absolute Gasteiger partial charge is 0.311 e. The van der Waals surface area contributed by atoms with Crippen molar-refractivity contribution in [1.82, 2.24) is 0 Å². The number of nitrogens with zero attached hydrogens (tertiary/aromatic N) is 1. The van der Waals surface area contributed by atoms with E-state index in [2.05, 4.69) is 0 Å². The van der Waals surface area contributed by atoms with Crippen LogP contribution >= 0.6 is 11.6 Å². The van der Waals surface area contributed by atoms with Gasteiger partial charge in [0.15, 0.2) is 6.29 Å². The topological polar surface area (TPSA) is 80.4 Å². The molecule has 0 atom stereocenters. The number of carbonyl (C=O) groups is 1. The van der Waals surface area contributed by atoms with Crippen molar-refractivity contribution < 1.29 is 14.8 Å². The number of phenols is 1. The first-order valence-electron chi connectivity index (χ1n) is 6.02. The minimum Gasteiger partial charge on any atom is -0.502 e. The predicted molar refractivity (Wildman–Crippen MR) is 75.1 cm³/mol. The zero-order valence-electron chi connectivity index (χ0n) is 10.5. The molecule has 0 heterocycles. The Hall–Kier alpha value is -2.14. The molecule has 104 valence electrons. The third-order valence-corrected chi connectivity index (χ3v) is 3.53. The Labute approximate surface area is 120 Å². The molecule has 0 unspecified atom stereocenters. The minimum absolute atomic E-state index is 0.0919. The summed E-state index contributed by atoms with van der Waals surface area (Å²) in [5.74, 6) is -0.604. The summed E-state index contributed by atoms with van der Waals surface area (Å²) in [6, 6.07) is 2.71. The zero-order valence-corrected chi connectivity index (χ0v) is 11.3. The van der Waals surface area contributed by atoms with Crippen LogP contribution in [0.1, 0.15) is 28.8 Å². The quantitative estimate of drug-likeness (QED) is 0.523. The van der Waals surface area contributed by atoms with E-state index in [4.69, 9.17) is 11.6 Å². The van der Waals surface area contributed by atoms with Gasteiger partial charge in [-0.2, -0.15) is 0 Å². The number of allylic oxidation sites excluding steroid dienone is 4. The predicted octanol–water partition coefficient (Wildman–Crippen LogP) is 3.50. The van der Waals surface area contributed by atoms with Crippen molar-refractivity contribution in [3.63, 3.8) is 0 Å². The van der Waals surface area contributed by atoms with E-state index in [1.54, 1.807) is 0 Å². The highest BCUT2D eigenvalue weighted by Crippen LogP contribution is 2.32. The van der Waals surface area contributed by atoms with Gasteiger partial charge in [-0.25, -0.2) is 0 Å². The first-order valence-corrected chi connectivity index (χ1v) is 6.40. The number of hydrogen-bond donors (Lipinski definition) is 1. The van der Waals surface area contributed by atoms with E-state index in [1.807, 2.05) is 12.2 Å². The van der Waals surface area contributed by atoms with Crippen molar-refractivity contribution in [3.05, 3.63) is 56.1 Å². The first kappa shape index (κ1) is 14.3. The monoisotopic (exact) mass is 293 g/mol. The molecule has 0 spiro atoms. The molecule has 2 rings (SSSR count). The van der Waals surface area contributed by atoms with Gasteiger partial charge in [0, 0.05) is 11.1 Å². The summed E-state index contributed by atoms with van der Waals surface area (Å²) in [6.45, 7) is 0. The van der Waals surface area contributed by atoms with Gasteiger partial charge in [-0.15, -0.1) is 0 Å². The molecular weight excluding hydrogens is 282 g/mol. The lowest BCUT2D eigenvalue weighted by atomic mass is 9.97. The van der Waals surface area contributed by atoms with E-state index in [9.17, 15) is 20.0 Å². The fourth-order valence-electron chi connectivity index (χ4n) is 2.09. The van der Waals surface area contributed by atoms with Crippen LogP contribution in [0.5, 0.6) is 5.75 Å². The van der Waals surface area contributed by atoms with Crippen LogP contribution in [0.4, 0.5) is 5.69 Å². The Balaban J connectivity index is 2.42. The lowest BCUT2D eigenvalue weighted by Crippen LogP contribution is -1.99. The molecule has 0 amide bonds. The fourth-order valence-corrected chi connectivity index (χ4v) is 2.33. The van der Waals surface area contributed by atoms with E-state index in [1.165, 1.54) is 12.1 Å². The highest BCUT2D eigenvalue weighted by Gasteiger charge is 2.19. The highest BCUT2D eigenvalue weighted by atomic mass is 35.5. The number of rotatable bonds is 4. The Morgan fingerprint density at radius 2 is 2.20 bits per heavy atom. The molecule has 1 aliphatic carbocycles. The van der Waals surface area contributed by atoms with Crippen molar-refractivity contribution in [3.8, 4) is 5.75 Å². The van der Waals surface area contributed by atoms with Crippen molar-refractivity contribution in [2.24, 2.45) is 0 Å². The molecule has 0 aliphatic heterocycles. The number of carbonyl (C=O) groups excluding carboxylic acids is 1. The van der Waals surface area contributed by atoms with Gasteiger partial charge >= 0.3 is 5.69 Å². The van der Waals surface area contributed by atoms with Crippen LogP contribution in [0.25, 0.3) is 0 Å². The normalized spacial score (nSPS) is 14.4. The molecule has 0 radical (unpaired) electrons. The minimum atomic E-state index is -0.710. The van der Waals surface area contributed by atoms with Crippen molar-refractivity contribution >= 4 is 23.6 Å². The summed E-state index contributed by atoms with van der Waals surface area (Å²) < 4.78 is 0. The number of halogens is 1. The number of nitro benzene ring substituents is 1. The lowest BCUT2D eigenvalue weighted by molar-refractivity contribution is -0.385. The molecule has 0 fully saturated rings. The first-order chi connectivity index (χ1) is 9.52. The summed E-state index contributed by atoms with van der Waals surface area (Å²) in [5, 5.41) is 21.2. The fraction of sp³-hybridized carbons (Fsp3) is 0.214. The van der Waals surface area contributed by atoms with E-state index in [0.29, 0.717) is 18.3 Å². The van der Waals surface area contributed by atoms with Crippen LogP contribution in [0.3, 0.4) is 0 Å². The standard InChI is InChI=1S/C14H12ClNO4/c15-12-4-2-1-3-10(12)5-9-6-11(8-17)14(18)13(7-9)16(19)20/h1,3,6-8,18H,2,4-5H2. The van der Waals surface area contributed by atoms with Gasteiger partial charge in [0.1, 0.15) is 0 Å².